The van der Waals surface area contributed by atoms with E-state index in [1.165, 1.54) is 6.08 Å². The van der Waals surface area contributed by atoms with E-state index < -0.39 is 10.0 Å². The third-order valence-corrected chi connectivity index (χ3v) is 3.34. The van der Waals surface area contributed by atoms with Crippen molar-refractivity contribution in [2.75, 3.05) is 0 Å². The van der Waals surface area contributed by atoms with Crippen molar-refractivity contribution in [1.82, 2.24) is 4.72 Å². The second kappa shape index (κ2) is 3.80. The minimum atomic E-state index is -3.73. The molecule has 0 aromatic carbocycles. The number of sulfonamides is 1. The van der Waals surface area contributed by atoms with Crippen LogP contribution in [0, 0.1) is 0 Å². The van der Waals surface area contributed by atoms with Crippen LogP contribution in [0.15, 0.2) is 23.1 Å². The maximum atomic E-state index is 11.3. The van der Waals surface area contributed by atoms with Crippen molar-refractivity contribution in [2.24, 2.45) is 0 Å². The molecule has 0 atom stereocenters. The first-order chi connectivity index (χ1) is 6.08. The highest BCUT2D eigenvalue weighted by molar-refractivity contribution is 7.97. The Morgan fingerprint density at radius 1 is 1.54 bits per heavy atom. The minimum Gasteiger partial charge on any atom is -0.278 e. The smallest absolute Gasteiger partial charge is 0.264 e. The van der Waals surface area contributed by atoms with Gasteiger partial charge >= 0.3 is 0 Å². The molecule has 0 aliphatic heterocycles. The van der Waals surface area contributed by atoms with Gasteiger partial charge in [0.15, 0.2) is 0 Å². The van der Waals surface area contributed by atoms with Crippen LogP contribution in [0.25, 0.3) is 0 Å². The van der Waals surface area contributed by atoms with E-state index in [-0.39, 0.29) is 11.3 Å². The van der Waals surface area contributed by atoms with E-state index >= 15 is 0 Å². The van der Waals surface area contributed by atoms with Crippen LogP contribution < -0.4 is 4.72 Å². The molecular weight excluding hydrogens is 210 g/mol. The fraction of sp³-hybridized carbons (Fsp3) is 0.143. The molecule has 0 radical (unpaired) electrons. The summed E-state index contributed by atoms with van der Waals surface area (Å²) >= 11 is 4.83. The Morgan fingerprint density at radius 3 is 2.77 bits per heavy atom. The minimum absolute atomic E-state index is 0.00269. The summed E-state index contributed by atoms with van der Waals surface area (Å²) in [5.41, 5.74) is 0. The maximum absolute atomic E-state index is 11.3. The summed E-state index contributed by atoms with van der Waals surface area (Å²) in [6.45, 7) is 0. The largest absolute Gasteiger partial charge is 0.278 e. The second-order valence-electron chi connectivity index (χ2n) is 2.33. The summed E-state index contributed by atoms with van der Waals surface area (Å²) in [6, 6.07) is 0. The zero-order chi connectivity index (χ0) is 9.90. The molecule has 1 N–H and O–H groups in total. The molecule has 1 rings (SSSR count). The van der Waals surface area contributed by atoms with E-state index in [1.54, 1.807) is 16.9 Å². The highest BCUT2D eigenvalue weighted by atomic mass is 32.2. The average molecular weight is 217 g/mol. The molecule has 0 saturated carbocycles. The van der Waals surface area contributed by atoms with E-state index in [4.69, 9.17) is 12.2 Å². The Morgan fingerprint density at radius 2 is 2.23 bits per heavy atom. The fourth-order valence-electron chi connectivity index (χ4n) is 0.890. The van der Waals surface area contributed by atoms with Crippen molar-refractivity contribution in [1.29, 1.82) is 0 Å². The molecule has 1 aliphatic carbocycles. The Hall–Kier alpha value is -1.01. The molecule has 0 bridgehead atoms. The molecule has 1 amide bonds. The molecule has 0 aromatic heterocycles. The predicted molar refractivity (Wildman–Crippen MR) is 52.6 cm³/mol. The van der Waals surface area contributed by atoms with E-state index in [0.717, 1.165) is 0 Å². The molecule has 0 unspecified atom stereocenters. The normalized spacial score (nSPS) is 16.6. The zero-order valence-corrected chi connectivity index (χ0v) is 8.19. The van der Waals surface area contributed by atoms with Crippen LogP contribution in [0.3, 0.4) is 0 Å². The first-order valence-electron chi connectivity index (χ1n) is 3.44. The van der Waals surface area contributed by atoms with Gasteiger partial charge in [-0.25, -0.2) is 8.42 Å². The maximum Gasteiger partial charge on any atom is 0.264 e. The summed E-state index contributed by atoms with van der Waals surface area (Å²) in [6.07, 6.45) is 5.26. The summed E-state index contributed by atoms with van der Waals surface area (Å²) in [5.74, 6) is 0. The molecule has 0 fully saturated rings. The van der Waals surface area contributed by atoms with E-state index in [1.807, 2.05) is 0 Å². The summed E-state index contributed by atoms with van der Waals surface area (Å²) in [7, 11) is -3.73. The van der Waals surface area contributed by atoms with Gasteiger partial charge in [0.1, 0.15) is 4.91 Å². The van der Waals surface area contributed by atoms with E-state index in [0.29, 0.717) is 11.3 Å². The van der Waals surface area contributed by atoms with Crippen LogP contribution in [-0.2, 0) is 14.8 Å². The van der Waals surface area contributed by atoms with Gasteiger partial charge in [0.2, 0.25) is 6.41 Å². The molecule has 0 saturated heterocycles. The molecule has 4 nitrogen and oxygen atoms in total. The van der Waals surface area contributed by atoms with Crippen molar-refractivity contribution in [3.63, 3.8) is 0 Å². The van der Waals surface area contributed by atoms with Crippen LogP contribution in [-0.4, -0.2) is 19.7 Å². The summed E-state index contributed by atoms with van der Waals surface area (Å²) in [5, 5.41) is 0. The van der Waals surface area contributed by atoms with Gasteiger partial charge in [0.05, 0.1) is 0 Å². The van der Waals surface area contributed by atoms with Crippen molar-refractivity contribution in [3.8, 4) is 0 Å². The lowest BCUT2D eigenvalue weighted by atomic mass is 10.2. The average Bonchev–Trinajstić information content (AvgIpc) is 2.04. The van der Waals surface area contributed by atoms with Gasteiger partial charge < -0.3 is 0 Å². The second-order valence-corrected chi connectivity index (χ2v) is 4.50. The fourth-order valence-corrected chi connectivity index (χ4v) is 2.28. The van der Waals surface area contributed by atoms with Crippen LogP contribution in [0.4, 0.5) is 0 Å². The number of hydrogen-bond acceptors (Lipinski definition) is 4. The number of rotatable bonds is 3. The molecule has 1 aliphatic rings. The molecular formula is C7H7NO3S2. The van der Waals surface area contributed by atoms with Crippen LogP contribution >= 0.6 is 12.2 Å². The molecule has 0 aromatic rings. The standard InChI is InChI=1S/C7H7NO3S2/c9-5-8-13(10,11)7-4-2-1-3-6(7)12/h1-2,4-5H,3H2,(H,8,9). The molecule has 70 valence electrons. The third-order valence-electron chi connectivity index (χ3n) is 1.45. The summed E-state index contributed by atoms with van der Waals surface area (Å²) in [4.78, 5) is 10.3. The summed E-state index contributed by atoms with van der Waals surface area (Å²) < 4.78 is 24.3. The number of carbonyl (C=O) groups is 1. The van der Waals surface area contributed by atoms with E-state index in [9.17, 15) is 13.2 Å². The lowest BCUT2D eigenvalue weighted by Crippen LogP contribution is -2.27. The van der Waals surface area contributed by atoms with Crippen LogP contribution in [0.2, 0.25) is 0 Å². The lowest BCUT2D eigenvalue weighted by Gasteiger charge is -2.09. The third kappa shape index (κ3) is 2.22. The SMILES string of the molecule is O=CNS(=O)(=O)C1=CC=CCC1=S. The van der Waals surface area contributed by atoms with Gasteiger partial charge in [-0.3, -0.25) is 9.52 Å². The van der Waals surface area contributed by atoms with Gasteiger partial charge in [-0.1, -0.05) is 24.4 Å². The number of thiocarbonyl (C=S) groups is 1. The predicted octanol–water partition coefficient (Wildman–Crippen LogP) is 0.276. The first kappa shape index (κ1) is 10.1. The molecule has 6 heteroatoms. The monoisotopic (exact) mass is 217 g/mol. The van der Waals surface area contributed by atoms with Crippen molar-refractivity contribution in [2.45, 2.75) is 6.42 Å². The molecule has 0 heterocycles. The Labute approximate surface area is 81.4 Å². The number of allylic oxidation sites excluding steroid dienone is 4. The Bertz CT molecular complexity index is 392. The lowest BCUT2D eigenvalue weighted by molar-refractivity contribution is -0.108. The van der Waals surface area contributed by atoms with Gasteiger partial charge in [0, 0.05) is 11.3 Å². The van der Waals surface area contributed by atoms with Gasteiger partial charge in [0.25, 0.3) is 10.0 Å². The van der Waals surface area contributed by atoms with Crippen molar-refractivity contribution < 1.29 is 13.2 Å². The topological polar surface area (TPSA) is 63.2 Å². The number of carbonyl (C=O) groups excluding carboxylic acids is 1. The van der Waals surface area contributed by atoms with Crippen LogP contribution in [0.5, 0.6) is 0 Å². The number of hydrogen-bond donors (Lipinski definition) is 1. The van der Waals surface area contributed by atoms with Crippen molar-refractivity contribution >= 4 is 33.5 Å². The van der Waals surface area contributed by atoms with E-state index in [2.05, 4.69) is 0 Å². The number of nitrogens with one attached hydrogen (secondary N) is 1. The Kier molecular flexibility index (Phi) is 2.94. The number of amides is 1. The van der Waals surface area contributed by atoms with Gasteiger partial charge in [-0.2, -0.15) is 0 Å². The highest BCUT2D eigenvalue weighted by Crippen LogP contribution is 2.14. The van der Waals surface area contributed by atoms with Gasteiger partial charge in [-0.15, -0.1) is 0 Å². The molecule has 0 spiro atoms. The first-order valence-corrected chi connectivity index (χ1v) is 5.33. The highest BCUT2D eigenvalue weighted by Gasteiger charge is 2.20. The zero-order valence-electron chi connectivity index (χ0n) is 6.56. The Balaban J connectivity index is 3.06. The quantitative estimate of drug-likeness (QED) is 0.544. The van der Waals surface area contributed by atoms with Crippen LogP contribution in [0.1, 0.15) is 6.42 Å². The van der Waals surface area contributed by atoms with Gasteiger partial charge in [-0.05, 0) is 6.08 Å². The van der Waals surface area contributed by atoms with Crippen molar-refractivity contribution in [3.05, 3.63) is 23.1 Å². The molecule has 13 heavy (non-hydrogen) atoms.